The first-order valence-electron chi connectivity index (χ1n) is 6.28. The first-order chi connectivity index (χ1) is 9.65. The number of hydrogen-bond donors (Lipinski definition) is 2. The van der Waals surface area contributed by atoms with E-state index in [2.05, 4.69) is 15.3 Å². The smallest absolute Gasteiger partial charge is 0.257 e. The third-order valence-electron chi connectivity index (χ3n) is 2.77. The molecule has 2 rings (SSSR count). The molecule has 0 atom stereocenters. The third kappa shape index (κ3) is 4.28. The van der Waals surface area contributed by atoms with Crippen LogP contribution in [0.25, 0.3) is 0 Å². The van der Waals surface area contributed by atoms with Gasteiger partial charge in [0.1, 0.15) is 5.75 Å². The Kier molecular flexibility index (Phi) is 5.01. The monoisotopic (exact) mass is 293 g/mol. The molecule has 2 aromatic rings. The van der Waals surface area contributed by atoms with Gasteiger partial charge in [-0.15, -0.1) is 0 Å². The quantitative estimate of drug-likeness (QED) is 0.857. The number of ether oxygens (including phenoxy) is 1. The molecule has 106 valence electrons. The number of aromatic amines is 1. The van der Waals surface area contributed by atoms with Gasteiger partial charge in [-0.2, -0.15) is 0 Å². The molecule has 1 heterocycles. The number of carbonyl (C=O) groups is 1. The van der Waals surface area contributed by atoms with Gasteiger partial charge in [0, 0.05) is 29.9 Å². The number of H-pyrrole nitrogens is 1. The number of nitrogens with one attached hydrogen (secondary N) is 2. The van der Waals surface area contributed by atoms with Gasteiger partial charge in [0.05, 0.1) is 6.33 Å². The fourth-order valence-electron chi connectivity index (χ4n) is 1.73. The normalized spacial score (nSPS) is 10.3. The van der Waals surface area contributed by atoms with Crippen molar-refractivity contribution in [3.05, 3.63) is 47.0 Å². The van der Waals surface area contributed by atoms with E-state index in [0.717, 1.165) is 11.3 Å². The minimum Gasteiger partial charge on any atom is -0.484 e. The molecule has 6 heteroatoms. The molecule has 0 aliphatic heterocycles. The third-order valence-corrected chi connectivity index (χ3v) is 3.00. The zero-order valence-corrected chi connectivity index (χ0v) is 11.9. The van der Waals surface area contributed by atoms with Crippen LogP contribution >= 0.6 is 11.6 Å². The number of rotatable bonds is 6. The van der Waals surface area contributed by atoms with E-state index in [-0.39, 0.29) is 12.5 Å². The summed E-state index contributed by atoms with van der Waals surface area (Å²) in [5, 5.41) is 3.44. The summed E-state index contributed by atoms with van der Waals surface area (Å²) in [4.78, 5) is 18.5. The summed E-state index contributed by atoms with van der Waals surface area (Å²) in [6, 6.07) is 5.29. The molecule has 1 amide bonds. The SMILES string of the molecule is Cc1cc(Cl)ccc1OCC(=O)NCCc1cnc[nH]1. The Balaban J connectivity index is 1.72. The number of nitrogens with zero attached hydrogens (tertiary/aromatic N) is 1. The van der Waals surface area contributed by atoms with Crippen molar-refractivity contribution in [2.45, 2.75) is 13.3 Å². The number of aryl methyl sites for hydroxylation is 1. The number of aromatic nitrogens is 2. The summed E-state index contributed by atoms with van der Waals surface area (Å²) >= 11 is 5.85. The van der Waals surface area contributed by atoms with Crippen molar-refractivity contribution in [2.24, 2.45) is 0 Å². The fraction of sp³-hybridized carbons (Fsp3) is 0.286. The summed E-state index contributed by atoms with van der Waals surface area (Å²) in [5.41, 5.74) is 1.89. The van der Waals surface area contributed by atoms with Crippen molar-refractivity contribution in [1.82, 2.24) is 15.3 Å². The van der Waals surface area contributed by atoms with Crippen LogP contribution in [-0.2, 0) is 11.2 Å². The van der Waals surface area contributed by atoms with E-state index in [1.54, 1.807) is 30.7 Å². The van der Waals surface area contributed by atoms with E-state index in [4.69, 9.17) is 16.3 Å². The molecule has 1 aromatic heterocycles. The summed E-state index contributed by atoms with van der Waals surface area (Å²) < 4.78 is 5.45. The van der Waals surface area contributed by atoms with Crippen molar-refractivity contribution in [2.75, 3.05) is 13.2 Å². The molecule has 0 aliphatic rings. The summed E-state index contributed by atoms with van der Waals surface area (Å²) in [6.45, 7) is 2.42. The largest absolute Gasteiger partial charge is 0.484 e. The Morgan fingerprint density at radius 3 is 3.05 bits per heavy atom. The van der Waals surface area contributed by atoms with Crippen LogP contribution in [0.4, 0.5) is 0 Å². The summed E-state index contributed by atoms with van der Waals surface area (Å²) in [5.74, 6) is 0.511. The maximum absolute atomic E-state index is 11.6. The minimum absolute atomic E-state index is 0.00848. The van der Waals surface area contributed by atoms with Crippen LogP contribution in [0.15, 0.2) is 30.7 Å². The lowest BCUT2D eigenvalue weighted by atomic mass is 10.2. The molecular formula is C14H16ClN3O2. The number of carbonyl (C=O) groups excluding carboxylic acids is 1. The first-order valence-corrected chi connectivity index (χ1v) is 6.66. The number of hydrogen-bond acceptors (Lipinski definition) is 3. The topological polar surface area (TPSA) is 67.0 Å². The Morgan fingerprint density at radius 2 is 2.35 bits per heavy atom. The number of halogens is 1. The van der Waals surface area contributed by atoms with Gasteiger partial charge in [0.15, 0.2) is 6.61 Å². The molecule has 2 N–H and O–H groups in total. The molecule has 0 unspecified atom stereocenters. The fourth-order valence-corrected chi connectivity index (χ4v) is 1.95. The van der Waals surface area contributed by atoms with E-state index < -0.39 is 0 Å². The average Bonchev–Trinajstić information content (AvgIpc) is 2.91. The van der Waals surface area contributed by atoms with Crippen LogP contribution in [0.3, 0.4) is 0 Å². The van der Waals surface area contributed by atoms with Crippen LogP contribution < -0.4 is 10.1 Å². The van der Waals surface area contributed by atoms with Crippen LogP contribution in [-0.4, -0.2) is 29.0 Å². The van der Waals surface area contributed by atoms with Gasteiger partial charge in [-0.05, 0) is 30.7 Å². The highest BCUT2D eigenvalue weighted by Crippen LogP contribution is 2.21. The lowest BCUT2D eigenvalue weighted by Crippen LogP contribution is -2.30. The molecular weight excluding hydrogens is 278 g/mol. The van der Waals surface area contributed by atoms with E-state index in [0.29, 0.717) is 23.7 Å². The van der Waals surface area contributed by atoms with Crippen LogP contribution in [0.5, 0.6) is 5.75 Å². The second-order valence-corrected chi connectivity index (χ2v) is 4.81. The predicted molar refractivity (Wildman–Crippen MR) is 77.0 cm³/mol. The van der Waals surface area contributed by atoms with Gasteiger partial charge in [0.25, 0.3) is 5.91 Å². The lowest BCUT2D eigenvalue weighted by molar-refractivity contribution is -0.123. The molecule has 1 aromatic carbocycles. The van der Waals surface area contributed by atoms with Gasteiger partial charge in [0.2, 0.25) is 0 Å². The number of imidazole rings is 1. The molecule has 0 fully saturated rings. The first kappa shape index (κ1) is 14.4. The van der Waals surface area contributed by atoms with Gasteiger partial charge in [-0.3, -0.25) is 4.79 Å². The molecule has 0 aliphatic carbocycles. The predicted octanol–water partition coefficient (Wildman–Crippen LogP) is 2.11. The van der Waals surface area contributed by atoms with Crippen LogP contribution in [0, 0.1) is 6.92 Å². The van der Waals surface area contributed by atoms with Crippen molar-refractivity contribution in [1.29, 1.82) is 0 Å². The number of benzene rings is 1. The molecule has 0 saturated carbocycles. The van der Waals surface area contributed by atoms with Crippen molar-refractivity contribution < 1.29 is 9.53 Å². The highest BCUT2D eigenvalue weighted by Gasteiger charge is 2.05. The minimum atomic E-state index is -0.154. The van der Waals surface area contributed by atoms with Crippen molar-refractivity contribution in [3.63, 3.8) is 0 Å². The summed E-state index contributed by atoms with van der Waals surface area (Å²) in [6.07, 6.45) is 4.06. The van der Waals surface area contributed by atoms with Gasteiger partial charge < -0.3 is 15.0 Å². The zero-order valence-electron chi connectivity index (χ0n) is 11.1. The zero-order chi connectivity index (χ0) is 14.4. The Hall–Kier alpha value is -2.01. The standard InChI is InChI=1S/C14H16ClN3O2/c1-10-6-11(15)2-3-13(10)20-8-14(19)17-5-4-12-7-16-9-18-12/h2-3,6-7,9H,4-5,8H2,1H3,(H,16,18)(H,17,19). The summed E-state index contributed by atoms with van der Waals surface area (Å²) in [7, 11) is 0. The van der Waals surface area contributed by atoms with Gasteiger partial charge in [-0.25, -0.2) is 4.98 Å². The van der Waals surface area contributed by atoms with E-state index in [1.165, 1.54) is 0 Å². The molecule has 5 nitrogen and oxygen atoms in total. The van der Waals surface area contributed by atoms with Crippen LogP contribution in [0.1, 0.15) is 11.3 Å². The molecule has 0 saturated heterocycles. The Bertz CT molecular complexity index is 570. The van der Waals surface area contributed by atoms with Crippen LogP contribution in [0.2, 0.25) is 5.02 Å². The molecule has 0 bridgehead atoms. The van der Waals surface area contributed by atoms with Crippen molar-refractivity contribution >= 4 is 17.5 Å². The van der Waals surface area contributed by atoms with Crippen molar-refractivity contribution in [3.8, 4) is 5.75 Å². The van der Waals surface area contributed by atoms with E-state index >= 15 is 0 Å². The highest BCUT2D eigenvalue weighted by molar-refractivity contribution is 6.30. The highest BCUT2D eigenvalue weighted by atomic mass is 35.5. The maximum atomic E-state index is 11.6. The Labute approximate surface area is 122 Å². The van der Waals surface area contributed by atoms with E-state index in [9.17, 15) is 4.79 Å². The van der Waals surface area contributed by atoms with E-state index in [1.807, 2.05) is 6.92 Å². The molecule has 0 radical (unpaired) electrons. The number of amides is 1. The lowest BCUT2D eigenvalue weighted by Gasteiger charge is -2.09. The second-order valence-electron chi connectivity index (χ2n) is 4.38. The average molecular weight is 294 g/mol. The second kappa shape index (κ2) is 6.96. The molecule has 0 spiro atoms. The Morgan fingerprint density at radius 1 is 1.50 bits per heavy atom. The molecule has 20 heavy (non-hydrogen) atoms. The maximum Gasteiger partial charge on any atom is 0.257 e. The van der Waals surface area contributed by atoms with Gasteiger partial charge >= 0.3 is 0 Å². The van der Waals surface area contributed by atoms with Gasteiger partial charge in [-0.1, -0.05) is 11.6 Å².